The van der Waals surface area contributed by atoms with Crippen molar-refractivity contribution in [3.63, 3.8) is 0 Å². The molecular weight excluding hydrogens is 346 g/mol. The van der Waals surface area contributed by atoms with E-state index in [-0.39, 0.29) is 0 Å². The predicted molar refractivity (Wildman–Crippen MR) is 111 cm³/mol. The topological polar surface area (TPSA) is 44.3 Å². The molecule has 2 heterocycles. The maximum absolute atomic E-state index is 6.12. The molecule has 0 aliphatic carbocycles. The van der Waals surface area contributed by atoms with Crippen LogP contribution in [0.25, 0.3) is 0 Å². The van der Waals surface area contributed by atoms with Crippen molar-refractivity contribution in [2.75, 3.05) is 47.8 Å². The van der Waals surface area contributed by atoms with Gasteiger partial charge in [-0.15, -0.1) is 0 Å². The fraction of sp³-hybridized carbons (Fsp3) is 0.500. The Morgan fingerprint density at radius 3 is 2.50 bits per heavy atom. The lowest BCUT2D eigenvalue weighted by atomic mass is 10.1. The van der Waals surface area contributed by atoms with Crippen LogP contribution in [0, 0.1) is 12.8 Å². The van der Waals surface area contributed by atoms with Crippen molar-refractivity contribution in [1.82, 2.24) is 9.97 Å². The minimum atomic E-state index is 0.685. The number of rotatable bonds is 6. The third-order valence-corrected chi connectivity index (χ3v) is 4.86. The Labute approximate surface area is 161 Å². The summed E-state index contributed by atoms with van der Waals surface area (Å²) in [7, 11) is 0. The van der Waals surface area contributed by atoms with E-state index in [0.717, 1.165) is 61.6 Å². The van der Waals surface area contributed by atoms with Crippen LogP contribution in [0.1, 0.15) is 26.1 Å². The van der Waals surface area contributed by atoms with Crippen LogP contribution in [0.2, 0.25) is 5.02 Å². The van der Waals surface area contributed by atoms with Crippen molar-refractivity contribution in [2.24, 2.45) is 5.92 Å². The molecule has 1 fully saturated rings. The lowest BCUT2D eigenvalue weighted by molar-refractivity contribution is 0.606. The number of benzene rings is 1. The molecule has 1 aliphatic rings. The van der Waals surface area contributed by atoms with Crippen molar-refractivity contribution in [2.45, 2.75) is 27.2 Å². The van der Waals surface area contributed by atoms with Gasteiger partial charge in [0.1, 0.15) is 17.5 Å². The number of nitrogens with one attached hydrogen (secondary N) is 1. The Morgan fingerprint density at radius 2 is 1.81 bits per heavy atom. The van der Waals surface area contributed by atoms with Gasteiger partial charge in [0.25, 0.3) is 0 Å². The van der Waals surface area contributed by atoms with Crippen LogP contribution >= 0.6 is 11.6 Å². The Morgan fingerprint density at radius 1 is 1.08 bits per heavy atom. The predicted octanol–water partition coefficient (Wildman–Crippen LogP) is 4.22. The van der Waals surface area contributed by atoms with Crippen LogP contribution in [0.5, 0.6) is 0 Å². The van der Waals surface area contributed by atoms with Crippen molar-refractivity contribution >= 4 is 28.9 Å². The molecular formula is C20H28ClN5. The molecule has 140 valence electrons. The van der Waals surface area contributed by atoms with Crippen molar-refractivity contribution in [3.05, 3.63) is 41.2 Å². The minimum absolute atomic E-state index is 0.685. The van der Waals surface area contributed by atoms with Crippen molar-refractivity contribution < 1.29 is 0 Å². The van der Waals surface area contributed by atoms with Gasteiger partial charge in [0, 0.05) is 49.5 Å². The van der Waals surface area contributed by atoms with Crippen molar-refractivity contribution in [3.8, 4) is 0 Å². The molecule has 1 N–H and O–H groups in total. The van der Waals surface area contributed by atoms with E-state index >= 15 is 0 Å². The van der Waals surface area contributed by atoms with E-state index in [1.54, 1.807) is 0 Å². The van der Waals surface area contributed by atoms with Gasteiger partial charge >= 0.3 is 0 Å². The van der Waals surface area contributed by atoms with E-state index in [1.807, 2.05) is 25.1 Å². The number of hydrogen-bond donors (Lipinski definition) is 1. The van der Waals surface area contributed by atoms with E-state index in [4.69, 9.17) is 11.6 Å². The first-order valence-electron chi connectivity index (χ1n) is 9.36. The largest absolute Gasteiger partial charge is 0.370 e. The van der Waals surface area contributed by atoms with Crippen LogP contribution in [-0.4, -0.2) is 42.7 Å². The average molecular weight is 374 g/mol. The Bertz CT molecular complexity index is 726. The summed E-state index contributed by atoms with van der Waals surface area (Å²) < 4.78 is 0. The molecule has 1 aliphatic heterocycles. The first-order valence-corrected chi connectivity index (χ1v) is 9.74. The quantitative estimate of drug-likeness (QED) is 0.821. The smallest absolute Gasteiger partial charge is 0.134 e. The van der Waals surface area contributed by atoms with E-state index in [2.05, 4.69) is 51.1 Å². The monoisotopic (exact) mass is 373 g/mol. The first kappa shape index (κ1) is 18.8. The summed E-state index contributed by atoms with van der Waals surface area (Å²) in [5.74, 6) is 3.43. The fourth-order valence-electron chi connectivity index (χ4n) is 3.16. The molecule has 26 heavy (non-hydrogen) atoms. The molecule has 1 aromatic carbocycles. The first-order chi connectivity index (χ1) is 12.5. The van der Waals surface area contributed by atoms with Gasteiger partial charge in [-0.1, -0.05) is 31.5 Å². The Hall–Kier alpha value is -2.01. The van der Waals surface area contributed by atoms with Gasteiger partial charge in [-0.2, -0.15) is 0 Å². The number of nitrogens with zero attached hydrogens (tertiary/aromatic N) is 4. The Balaban J connectivity index is 1.62. The van der Waals surface area contributed by atoms with E-state index in [9.17, 15) is 0 Å². The number of hydrogen-bond acceptors (Lipinski definition) is 5. The Kier molecular flexibility index (Phi) is 6.20. The van der Waals surface area contributed by atoms with Crippen LogP contribution < -0.4 is 15.1 Å². The minimum Gasteiger partial charge on any atom is -0.370 e. The lowest BCUT2D eigenvalue weighted by Gasteiger charge is -2.37. The molecule has 0 unspecified atom stereocenters. The molecule has 3 rings (SSSR count). The number of halogens is 1. The summed E-state index contributed by atoms with van der Waals surface area (Å²) in [6.45, 7) is 11.2. The maximum atomic E-state index is 6.12. The summed E-state index contributed by atoms with van der Waals surface area (Å²) in [5.41, 5.74) is 1.19. The second-order valence-corrected chi connectivity index (χ2v) is 7.66. The van der Waals surface area contributed by atoms with Crippen LogP contribution in [0.3, 0.4) is 0 Å². The summed E-state index contributed by atoms with van der Waals surface area (Å²) in [4.78, 5) is 13.9. The standard InChI is InChI=1S/C20H28ClN5/c1-15(2)7-8-22-19-14-20(24-16(3)23-19)26-11-9-25(10-12-26)18-6-4-5-17(21)13-18/h4-6,13-15H,7-12H2,1-3H3,(H,22,23,24). The van der Waals surface area contributed by atoms with Crippen LogP contribution in [-0.2, 0) is 0 Å². The highest BCUT2D eigenvalue weighted by atomic mass is 35.5. The molecule has 0 radical (unpaired) electrons. The molecule has 1 aromatic heterocycles. The normalized spacial score (nSPS) is 14.8. The molecule has 6 heteroatoms. The second-order valence-electron chi connectivity index (χ2n) is 7.22. The third kappa shape index (κ3) is 5.01. The van der Waals surface area contributed by atoms with Gasteiger partial charge in [0.2, 0.25) is 0 Å². The molecule has 1 saturated heterocycles. The fourth-order valence-corrected chi connectivity index (χ4v) is 3.34. The average Bonchev–Trinajstić information content (AvgIpc) is 2.61. The van der Waals surface area contributed by atoms with Gasteiger partial charge < -0.3 is 15.1 Å². The highest BCUT2D eigenvalue weighted by Gasteiger charge is 2.19. The molecule has 5 nitrogen and oxygen atoms in total. The molecule has 0 atom stereocenters. The zero-order valence-electron chi connectivity index (χ0n) is 15.9. The third-order valence-electron chi connectivity index (χ3n) is 4.63. The van der Waals surface area contributed by atoms with Gasteiger partial charge in [0.05, 0.1) is 0 Å². The maximum Gasteiger partial charge on any atom is 0.134 e. The molecule has 0 saturated carbocycles. The number of anilines is 3. The van der Waals surface area contributed by atoms with E-state index in [1.165, 1.54) is 5.69 Å². The summed E-state index contributed by atoms with van der Waals surface area (Å²) >= 11 is 6.12. The van der Waals surface area contributed by atoms with E-state index < -0.39 is 0 Å². The molecule has 0 spiro atoms. The number of aryl methyl sites for hydroxylation is 1. The highest BCUT2D eigenvalue weighted by Crippen LogP contribution is 2.23. The lowest BCUT2D eigenvalue weighted by Crippen LogP contribution is -2.46. The SMILES string of the molecule is Cc1nc(NCCC(C)C)cc(N2CCN(c3cccc(Cl)c3)CC2)n1. The van der Waals surface area contributed by atoms with Gasteiger partial charge in [-0.25, -0.2) is 9.97 Å². The van der Waals surface area contributed by atoms with Crippen LogP contribution in [0.15, 0.2) is 30.3 Å². The van der Waals surface area contributed by atoms with Crippen LogP contribution in [0.4, 0.5) is 17.3 Å². The molecule has 0 bridgehead atoms. The van der Waals surface area contributed by atoms with Gasteiger partial charge in [-0.3, -0.25) is 0 Å². The zero-order valence-corrected chi connectivity index (χ0v) is 16.6. The second kappa shape index (κ2) is 8.58. The number of piperazine rings is 1. The zero-order chi connectivity index (χ0) is 18.5. The molecule has 0 amide bonds. The molecule has 2 aromatic rings. The number of aromatic nitrogens is 2. The van der Waals surface area contributed by atoms with Gasteiger partial charge in [-0.05, 0) is 37.5 Å². The van der Waals surface area contributed by atoms with Crippen molar-refractivity contribution in [1.29, 1.82) is 0 Å². The summed E-state index contributed by atoms with van der Waals surface area (Å²) in [6, 6.07) is 10.1. The summed E-state index contributed by atoms with van der Waals surface area (Å²) in [6.07, 6.45) is 1.14. The van der Waals surface area contributed by atoms with Gasteiger partial charge in [0.15, 0.2) is 0 Å². The summed E-state index contributed by atoms with van der Waals surface area (Å²) in [5, 5.41) is 4.22. The highest BCUT2D eigenvalue weighted by molar-refractivity contribution is 6.30. The van der Waals surface area contributed by atoms with E-state index in [0.29, 0.717) is 5.92 Å².